The van der Waals surface area contributed by atoms with Crippen molar-refractivity contribution in [1.82, 2.24) is 14.3 Å². The van der Waals surface area contributed by atoms with E-state index in [0.29, 0.717) is 22.3 Å². The van der Waals surface area contributed by atoms with Gasteiger partial charge in [0.05, 0.1) is 17.8 Å². The van der Waals surface area contributed by atoms with Gasteiger partial charge in [-0.15, -0.1) is 0 Å². The van der Waals surface area contributed by atoms with Crippen LogP contribution >= 0.6 is 23.2 Å². The lowest BCUT2D eigenvalue weighted by molar-refractivity contribution is 0.112. The Labute approximate surface area is 131 Å². The van der Waals surface area contributed by atoms with E-state index in [1.807, 2.05) is 29.8 Å². The van der Waals surface area contributed by atoms with Crippen molar-refractivity contribution in [3.8, 4) is 0 Å². The highest BCUT2D eigenvalue weighted by Crippen LogP contribution is 2.27. The van der Waals surface area contributed by atoms with Crippen LogP contribution in [0.3, 0.4) is 0 Å². The molecule has 0 radical (unpaired) electrons. The molecule has 6 heteroatoms. The number of carbonyl (C=O) groups excluding carboxylic acids is 1. The van der Waals surface area contributed by atoms with E-state index in [1.54, 1.807) is 17.8 Å². The van der Waals surface area contributed by atoms with Crippen LogP contribution in [0.4, 0.5) is 0 Å². The molecule has 0 fully saturated rings. The van der Waals surface area contributed by atoms with Gasteiger partial charge in [0.15, 0.2) is 6.29 Å². The Hall–Kier alpha value is -1.78. The predicted octanol–water partition coefficient (Wildman–Crippen LogP) is 3.85. The van der Waals surface area contributed by atoms with Crippen molar-refractivity contribution in [2.75, 3.05) is 0 Å². The fourth-order valence-corrected chi connectivity index (χ4v) is 2.94. The molecule has 21 heavy (non-hydrogen) atoms. The summed E-state index contributed by atoms with van der Waals surface area (Å²) in [5.41, 5.74) is 3.36. The van der Waals surface area contributed by atoms with E-state index in [2.05, 4.69) is 5.10 Å². The molecule has 0 N–H and O–H groups in total. The van der Waals surface area contributed by atoms with Gasteiger partial charge in [0.2, 0.25) is 0 Å². The second kappa shape index (κ2) is 5.20. The predicted molar refractivity (Wildman–Crippen MR) is 84.4 cm³/mol. The highest BCUT2D eigenvalue weighted by Gasteiger charge is 2.14. The molecule has 3 aromatic rings. The minimum Gasteiger partial charge on any atom is -0.342 e. The molecule has 0 saturated heterocycles. The summed E-state index contributed by atoms with van der Waals surface area (Å²) in [6.07, 6.45) is 2.67. The van der Waals surface area contributed by atoms with Crippen molar-refractivity contribution in [3.05, 3.63) is 51.4 Å². The molecule has 0 amide bonds. The first-order valence-electron chi connectivity index (χ1n) is 6.43. The molecule has 0 atom stereocenters. The Morgan fingerprint density at radius 3 is 2.71 bits per heavy atom. The minimum atomic E-state index is 0.545. The number of aryl methyl sites for hydroxylation is 2. The van der Waals surface area contributed by atoms with Gasteiger partial charge in [0, 0.05) is 34.8 Å². The van der Waals surface area contributed by atoms with Crippen LogP contribution < -0.4 is 0 Å². The van der Waals surface area contributed by atoms with Gasteiger partial charge in [-0.3, -0.25) is 9.48 Å². The Balaban J connectivity index is 2.16. The van der Waals surface area contributed by atoms with Gasteiger partial charge >= 0.3 is 0 Å². The fourth-order valence-electron chi connectivity index (χ4n) is 2.54. The second-order valence-corrected chi connectivity index (χ2v) is 5.76. The topological polar surface area (TPSA) is 39.8 Å². The summed E-state index contributed by atoms with van der Waals surface area (Å²) in [6, 6.07) is 5.49. The Morgan fingerprint density at radius 1 is 1.33 bits per heavy atom. The van der Waals surface area contributed by atoms with Crippen molar-refractivity contribution in [3.63, 3.8) is 0 Å². The molecule has 0 spiro atoms. The third-order valence-electron chi connectivity index (χ3n) is 3.60. The summed E-state index contributed by atoms with van der Waals surface area (Å²) in [4.78, 5) is 11.2. The van der Waals surface area contributed by atoms with E-state index in [-0.39, 0.29) is 0 Å². The van der Waals surface area contributed by atoms with Crippen LogP contribution in [0.25, 0.3) is 10.9 Å². The van der Waals surface area contributed by atoms with Crippen molar-refractivity contribution >= 4 is 40.4 Å². The van der Waals surface area contributed by atoms with Crippen LogP contribution in [0.1, 0.15) is 21.6 Å². The lowest BCUT2D eigenvalue weighted by Gasteiger charge is -2.05. The maximum absolute atomic E-state index is 11.2. The third-order valence-corrected chi connectivity index (χ3v) is 4.31. The number of hydrogen-bond acceptors (Lipinski definition) is 2. The fraction of sp³-hybridized carbons (Fsp3) is 0.200. The van der Waals surface area contributed by atoms with E-state index >= 15 is 0 Å². The lowest BCUT2D eigenvalue weighted by Crippen LogP contribution is -1.99. The molecular weight excluding hydrogens is 309 g/mol. The Bertz CT molecular complexity index is 848. The Kier molecular flexibility index (Phi) is 3.51. The van der Waals surface area contributed by atoms with E-state index in [4.69, 9.17) is 23.2 Å². The largest absolute Gasteiger partial charge is 0.342 e. The summed E-state index contributed by atoms with van der Waals surface area (Å²) in [6.45, 7) is 2.46. The smallest absolute Gasteiger partial charge is 0.152 e. The number of benzene rings is 1. The summed E-state index contributed by atoms with van der Waals surface area (Å²) >= 11 is 12.3. The lowest BCUT2D eigenvalue weighted by atomic mass is 10.2. The van der Waals surface area contributed by atoms with Crippen LogP contribution in [0.2, 0.25) is 10.2 Å². The molecule has 0 aliphatic rings. The molecular formula is C15H13Cl2N3O. The molecule has 2 aromatic heterocycles. The van der Waals surface area contributed by atoms with Crippen LogP contribution in [0, 0.1) is 6.92 Å². The van der Waals surface area contributed by atoms with Gasteiger partial charge in [0.25, 0.3) is 0 Å². The van der Waals surface area contributed by atoms with E-state index < -0.39 is 0 Å². The monoisotopic (exact) mass is 321 g/mol. The molecule has 0 aliphatic carbocycles. The third kappa shape index (κ3) is 2.34. The first-order valence-corrected chi connectivity index (χ1v) is 7.18. The normalized spacial score (nSPS) is 11.2. The molecule has 1 aromatic carbocycles. The standard InChI is InChI=1S/C15H13Cl2N3O/c1-9-13(15(17)19(2)18-9)7-20-6-10(8-21)12-4-3-11(16)5-14(12)20/h3-6,8H,7H2,1-2H3. The summed E-state index contributed by atoms with van der Waals surface area (Å²) in [7, 11) is 1.81. The average molecular weight is 322 g/mol. The minimum absolute atomic E-state index is 0.545. The second-order valence-electron chi connectivity index (χ2n) is 4.97. The molecule has 3 rings (SSSR count). The summed E-state index contributed by atoms with van der Waals surface area (Å²) in [5, 5.41) is 6.42. The summed E-state index contributed by atoms with van der Waals surface area (Å²) in [5.74, 6) is 0. The van der Waals surface area contributed by atoms with Crippen LogP contribution in [-0.4, -0.2) is 20.6 Å². The van der Waals surface area contributed by atoms with E-state index in [9.17, 15) is 4.79 Å². The van der Waals surface area contributed by atoms with Crippen molar-refractivity contribution < 1.29 is 4.79 Å². The number of halogens is 2. The SMILES string of the molecule is Cc1nn(C)c(Cl)c1Cn1cc(C=O)c2ccc(Cl)cc21. The van der Waals surface area contributed by atoms with Gasteiger partial charge in [-0.25, -0.2) is 0 Å². The van der Waals surface area contributed by atoms with Gasteiger partial charge in [0.1, 0.15) is 5.15 Å². The summed E-state index contributed by atoms with van der Waals surface area (Å²) < 4.78 is 3.62. The van der Waals surface area contributed by atoms with E-state index in [1.165, 1.54) is 0 Å². The van der Waals surface area contributed by atoms with Crippen molar-refractivity contribution in [2.24, 2.45) is 7.05 Å². The molecule has 4 nitrogen and oxygen atoms in total. The van der Waals surface area contributed by atoms with E-state index in [0.717, 1.165) is 28.4 Å². The molecule has 0 saturated carbocycles. The molecule has 2 heterocycles. The number of carbonyl (C=O) groups is 1. The Morgan fingerprint density at radius 2 is 2.10 bits per heavy atom. The highest BCUT2D eigenvalue weighted by molar-refractivity contribution is 6.31. The maximum Gasteiger partial charge on any atom is 0.152 e. The molecule has 0 unspecified atom stereocenters. The molecule has 108 valence electrons. The zero-order chi connectivity index (χ0) is 15.1. The maximum atomic E-state index is 11.2. The number of rotatable bonds is 3. The van der Waals surface area contributed by atoms with Gasteiger partial charge in [-0.2, -0.15) is 5.10 Å². The van der Waals surface area contributed by atoms with Crippen LogP contribution in [0.15, 0.2) is 24.4 Å². The first-order chi connectivity index (χ1) is 10.0. The van der Waals surface area contributed by atoms with Gasteiger partial charge in [-0.1, -0.05) is 29.3 Å². The first kappa shape index (κ1) is 14.2. The number of fused-ring (bicyclic) bond motifs is 1. The average Bonchev–Trinajstić information content (AvgIpc) is 2.91. The zero-order valence-corrected chi connectivity index (χ0v) is 13.1. The quantitative estimate of drug-likeness (QED) is 0.687. The number of aromatic nitrogens is 3. The van der Waals surface area contributed by atoms with Crippen molar-refractivity contribution in [2.45, 2.75) is 13.5 Å². The van der Waals surface area contributed by atoms with Crippen LogP contribution in [0.5, 0.6) is 0 Å². The van der Waals surface area contributed by atoms with Gasteiger partial charge in [-0.05, 0) is 19.1 Å². The van der Waals surface area contributed by atoms with Gasteiger partial charge < -0.3 is 4.57 Å². The molecule has 0 aliphatic heterocycles. The zero-order valence-electron chi connectivity index (χ0n) is 11.6. The molecule has 0 bridgehead atoms. The van der Waals surface area contributed by atoms with Crippen molar-refractivity contribution in [1.29, 1.82) is 0 Å². The van der Waals surface area contributed by atoms with Crippen LogP contribution in [-0.2, 0) is 13.6 Å². The number of hydrogen-bond donors (Lipinski definition) is 0. The number of nitrogens with zero attached hydrogens (tertiary/aromatic N) is 3. The number of aldehydes is 1. The highest BCUT2D eigenvalue weighted by atomic mass is 35.5.